The Morgan fingerprint density at radius 2 is 2.14 bits per heavy atom. The highest BCUT2D eigenvalue weighted by atomic mass is 32.2. The fourth-order valence-corrected chi connectivity index (χ4v) is 2.58. The number of hydrogen-bond acceptors (Lipinski definition) is 4. The summed E-state index contributed by atoms with van der Waals surface area (Å²) in [5.41, 5.74) is 0.671. The number of carbonyl (C=O) groups is 1. The molecule has 0 atom stereocenters. The summed E-state index contributed by atoms with van der Waals surface area (Å²) in [7, 11) is 0. The van der Waals surface area contributed by atoms with Crippen LogP contribution in [0.4, 0.5) is 10.5 Å². The Kier molecular flexibility index (Phi) is 6.70. The standard InChI is InChI=1S/C16H20N2O3S/c1-2-20-15-8-4-3-7-14(15)18-16(19)17-9-11-22-12-13-6-5-10-21-13/h3-8,10H,2,9,11-12H2,1H3,(H2,17,18,19). The maximum Gasteiger partial charge on any atom is 0.319 e. The van der Waals surface area contributed by atoms with Gasteiger partial charge in [0.05, 0.1) is 24.3 Å². The van der Waals surface area contributed by atoms with E-state index in [1.165, 1.54) is 0 Å². The van der Waals surface area contributed by atoms with Gasteiger partial charge in [-0.3, -0.25) is 0 Å². The molecule has 1 heterocycles. The van der Waals surface area contributed by atoms with E-state index in [0.29, 0.717) is 24.6 Å². The Bertz CT molecular complexity index is 573. The fraction of sp³-hybridized carbons (Fsp3) is 0.312. The molecule has 2 rings (SSSR count). The van der Waals surface area contributed by atoms with Crippen LogP contribution < -0.4 is 15.4 Å². The van der Waals surface area contributed by atoms with Gasteiger partial charge in [-0.1, -0.05) is 12.1 Å². The highest BCUT2D eigenvalue weighted by molar-refractivity contribution is 7.98. The number of anilines is 1. The van der Waals surface area contributed by atoms with Crippen LogP contribution in [-0.4, -0.2) is 24.9 Å². The third-order valence-corrected chi connectivity index (χ3v) is 3.77. The number of nitrogens with one attached hydrogen (secondary N) is 2. The summed E-state index contributed by atoms with van der Waals surface area (Å²) < 4.78 is 10.7. The van der Waals surface area contributed by atoms with Crippen molar-refractivity contribution < 1.29 is 13.9 Å². The first-order chi connectivity index (χ1) is 10.8. The summed E-state index contributed by atoms with van der Waals surface area (Å²) in [5.74, 6) is 3.25. The lowest BCUT2D eigenvalue weighted by molar-refractivity contribution is 0.252. The number of rotatable bonds is 8. The average Bonchev–Trinajstić information content (AvgIpc) is 3.02. The third-order valence-electron chi connectivity index (χ3n) is 2.79. The molecule has 2 amide bonds. The van der Waals surface area contributed by atoms with Crippen molar-refractivity contribution in [3.05, 3.63) is 48.4 Å². The lowest BCUT2D eigenvalue weighted by Gasteiger charge is -2.11. The van der Waals surface area contributed by atoms with Gasteiger partial charge in [-0.05, 0) is 31.2 Å². The lowest BCUT2D eigenvalue weighted by atomic mass is 10.3. The van der Waals surface area contributed by atoms with E-state index < -0.39 is 0 Å². The Morgan fingerprint density at radius 1 is 1.27 bits per heavy atom. The van der Waals surface area contributed by atoms with Crippen molar-refractivity contribution >= 4 is 23.5 Å². The molecular formula is C16H20N2O3S. The maximum atomic E-state index is 11.9. The van der Waals surface area contributed by atoms with E-state index in [4.69, 9.17) is 9.15 Å². The van der Waals surface area contributed by atoms with Gasteiger partial charge < -0.3 is 19.8 Å². The summed E-state index contributed by atoms with van der Waals surface area (Å²) in [5, 5.41) is 5.62. The molecule has 0 radical (unpaired) electrons. The minimum Gasteiger partial charge on any atom is -0.492 e. The summed E-state index contributed by atoms with van der Waals surface area (Å²) >= 11 is 1.71. The molecule has 0 unspecified atom stereocenters. The van der Waals surface area contributed by atoms with Gasteiger partial charge >= 0.3 is 6.03 Å². The first kappa shape index (κ1) is 16.3. The first-order valence-corrected chi connectivity index (χ1v) is 8.32. The van der Waals surface area contributed by atoms with Gasteiger partial charge in [0.2, 0.25) is 0 Å². The highest BCUT2D eigenvalue weighted by Crippen LogP contribution is 2.23. The third kappa shape index (κ3) is 5.37. The van der Waals surface area contributed by atoms with Crippen molar-refractivity contribution in [2.45, 2.75) is 12.7 Å². The number of thioether (sulfide) groups is 1. The monoisotopic (exact) mass is 320 g/mol. The number of amides is 2. The molecule has 2 N–H and O–H groups in total. The van der Waals surface area contributed by atoms with Crippen molar-refractivity contribution in [2.24, 2.45) is 0 Å². The predicted molar refractivity (Wildman–Crippen MR) is 89.5 cm³/mol. The van der Waals surface area contributed by atoms with Crippen molar-refractivity contribution in [2.75, 3.05) is 24.2 Å². The van der Waals surface area contributed by atoms with Crippen LogP contribution in [-0.2, 0) is 5.75 Å². The fourth-order valence-electron chi connectivity index (χ4n) is 1.82. The van der Waals surface area contributed by atoms with E-state index in [9.17, 15) is 4.79 Å². The Morgan fingerprint density at radius 3 is 2.91 bits per heavy atom. The zero-order chi connectivity index (χ0) is 15.6. The summed E-state index contributed by atoms with van der Waals surface area (Å²) in [6, 6.07) is 11.0. The van der Waals surface area contributed by atoms with E-state index in [1.807, 2.05) is 43.3 Å². The lowest BCUT2D eigenvalue weighted by Crippen LogP contribution is -2.30. The molecule has 1 aromatic heterocycles. The molecule has 2 aromatic rings. The topological polar surface area (TPSA) is 63.5 Å². The summed E-state index contributed by atoms with van der Waals surface area (Å²) in [4.78, 5) is 11.9. The van der Waals surface area contributed by atoms with E-state index in [-0.39, 0.29) is 6.03 Å². The summed E-state index contributed by atoms with van der Waals surface area (Å²) in [6.07, 6.45) is 1.66. The number of furan rings is 1. The van der Waals surface area contributed by atoms with Crippen LogP contribution in [0.2, 0.25) is 0 Å². The van der Waals surface area contributed by atoms with Crippen LogP contribution in [0.3, 0.4) is 0 Å². The van der Waals surface area contributed by atoms with Crippen molar-refractivity contribution in [3.63, 3.8) is 0 Å². The van der Waals surface area contributed by atoms with Gasteiger partial charge in [-0.25, -0.2) is 4.79 Å². The summed E-state index contributed by atoms with van der Waals surface area (Å²) in [6.45, 7) is 3.06. The van der Waals surface area contributed by atoms with Gasteiger partial charge in [0.1, 0.15) is 11.5 Å². The molecule has 0 saturated heterocycles. The van der Waals surface area contributed by atoms with Crippen molar-refractivity contribution in [1.82, 2.24) is 5.32 Å². The molecule has 0 saturated carbocycles. The van der Waals surface area contributed by atoms with Crippen LogP contribution >= 0.6 is 11.8 Å². The van der Waals surface area contributed by atoms with Crippen LogP contribution in [0.25, 0.3) is 0 Å². The molecular weight excluding hydrogens is 300 g/mol. The smallest absolute Gasteiger partial charge is 0.319 e. The molecule has 0 spiro atoms. The Labute approximate surface area is 134 Å². The zero-order valence-corrected chi connectivity index (χ0v) is 13.3. The average molecular weight is 320 g/mol. The van der Waals surface area contributed by atoms with E-state index in [1.54, 1.807) is 18.0 Å². The van der Waals surface area contributed by atoms with Crippen molar-refractivity contribution in [3.8, 4) is 5.75 Å². The predicted octanol–water partition coefficient (Wildman–Crippen LogP) is 3.73. The number of carbonyl (C=O) groups excluding carboxylic acids is 1. The SMILES string of the molecule is CCOc1ccccc1NC(=O)NCCSCc1ccco1. The quantitative estimate of drug-likeness (QED) is 0.727. The second kappa shape index (κ2) is 9.04. The number of ether oxygens (including phenoxy) is 1. The van der Waals surface area contributed by atoms with E-state index >= 15 is 0 Å². The number of benzene rings is 1. The highest BCUT2D eigenvalue weighted by Gasteiger charge is 2.06. The van der Waals surface area contributed by atoms with Crippen LogP contribution in [0, 0.1) is 0 Å². The van der Waals surface area contributed by atoms with Crippen LogP contribution in [0.1, 0.15) is 12.7 Å². The van der Waals surface area contributed by atoms with Crippen LogP contribution in [0.5, 0.6) is 5.75 Å². The Balaban J connectivity index is 1.67. The molecule has 6 heteroatoms. The molecule has 22 heavy (non-hydrogen) atoms. The molecule has 5 nitrogen and oxygen atoms in total. The molecule has 0 aliphatic heterocycles. The molecule has 0 bridgehead atoms. The molecule has 0 aliphatic rings. The Hall–Kier alpha value is -2.08. The molecule has 1 aromatic carbocycles. The maximum absolute atomic E-state index is 11.9. The normalized spacial score (nSPS) is 10.2. The second-order valence-corrected chi connectivity index (χ2v) is 5.55. The molecule has 0 aliphatic carbocycles. The molecule has 0 fully saturated rings. The number of para-hydroxylation sites is 2. The van der Waals surface area contributed by atoms with E-state index in [2.05, 4.69) is 10.6 Å². The van der Waals surface area contributed by atoms with Gasteiger partial charge in [0.25, 0.3) is 0 Å². The minimum atomic E-state index is -0.231. The van der Waals surface area contributed by atoms with Gasteiger partial charge in [-0.15, -0.1) is 0 Å². The largest absolute Gasteiger partial charge is 0.492 e. The zero-order valence-electron chi connectivity index (χ0n) is 12.5. The van der Waals surface area contributed by atoms with E-state index in [0.717, 1.165) is 17.3 Å². The van der Waals surface area contributed by atoms with Gasteiger partial charge in [0, 0.05) is 12.3 Å². The minimum absolute atomic E-state index is 0.231. The van der Waals surface area contributed by atoms with Gasteiger partial charge in [-0.2, -0.15) is 11.8 Å². The van der Waals surface area contributed by atoms with Crippen LogP contribution in [0.15, 0.2) is 47.1 Å². The first-order valence-electron chi connectivity index (χ1n) is 7.16. The number of hydrogen-bond donors (Lipinski definition) is 2. The van der Waals surface area contributed by atoms with Gasteiger partial charge in [0.15, 0.2) is 0 Å². The second-order valence-electron chi connectivity index (χ2n) is 4.44. The molecule has 118 valence electrons. The number of urea groups is 1. The van der Waals surface area contributed by atoms with Crippen molar-refractivity contribution in [1.29, 1.82) is 0 Å².